The third-order valence-corrected chi connectivity index (χ3v) is 3.62. The normalized spacial score (nSPS) is 15.3. The van der Waals surface area contributed by atoms with Crippen LogP contribution in [0.4, 0.5) is 0 Å². The number of hydrogen-bond acceptors (Lipinski definition) is 2. The van der Waals surface area contributed by atoms with Gasteiger partial charge in [0.2, 0.25) is 0 Å². The zero-order valence-electron chi connectivity index (χ0n) is 11.8. The van der Waals surface area contributed by atoms with E-state index in [9.17, 15) is 4.79 Å². The number of benzene rings is 1. The number of rotatable bonds is 4. The van der Waals surface area contributed by atoms with Crippen LogP contribution in [-0.2, 0) is 6.42 Å². The molecule has 1 N–H and O–H groups in total. The summed E-state index contributed by atoms with van der Waals surface area (Å²) in [6.45, 7) is 4.60. The molecular weight excluding hydrogens is 236 g/mol. The topological polar surface area (TPSA) is 32.3 Å². The molecule has 19 heavy (non-hydrogen) atoms. The molecule has 0 aliphatic carbocycles. The van der Waals surface area contributed by atoms with Crippen LogP contribution in [0, 0.1) is 0 Å². The summed E-state index contributed by atoms with van der Waals surface area (Å²) in [6.07, 6.45) is 4.03. The molecule has 0 unspecified atom stereocenters. The first-order valence-corrected chi connectivity index (χ1v) is 6.90. The Bertz CT molecular complexity index is 479. The minimum atomic E-state index is 0.162. The van der Waals surface area contributed by atoms with E-state index in [0.717, 1.165) is 43.6 Å². The molecule has 1 aliphatic heterocycles. The molecule has 2 rings (SSSR count). The molecule has 0 radical (unpaired) electrons. The summed E-state index contributed by atoms with van der Waals surface area (Å²) >= 11 is 0. The molecule has 1 aromatic rings. The Kier molecular flexibility index (Phi) is 4.74. The van der Waals surface area contributed by atoms with Gasteiger partial charge in [-0.2, -0.15) is 0 Å². The molecule has 0 spiro atoms. The van der Waals surface area contributed by atoms with Gasteiger partial charge in [-0.05, 0) is 45.0 Å². The van der Waals surface area contributed by atoms with Gasteiger partial charge in [-0.15, -0.1) is 0 Å². The predicted octanol–water partition coefficient (Wildman–Crippen LogP) is 2.24. The molecule has 3 nitrogen and oxygen atoms in total. The molecule has 1 aromatic carbocycles. The maximum atomic E-state index is 12.6. The summed E-state index contributed by atoms with van der Waals surface area (Å²) in [5, 5.41) is 3.13. The smallest absolute Gasteiger partial charge is 0.254 e. The molecule has 102 valence electrons. The van der Waals surface area contributed by atoms with Crippen LogP contribution < -0.4 is 5.32 Å². The van der Waals surface area contributed by atoms with Crippen molar-refractivity contribution in [2.75, 3.05) is 26.7 Å². The van der Waals surface area contributed by atoms with Crippen molar-refractivity contribution in [3.8, 4) is 0 Å². The lowest BCUT2D eigenvalue weighted by Gasteiger charge is -2.26. The SMILES string of the molecule is CNCCc1ccccc1C(=O)N1CC=C(C)CC1. The highest BCUT2D eigenvalue weighted by Gasteiger charge is 2.19. The summed E-state index contributed by atoms with van der Waals surface area (Å²) in [6, 6.07) is 7.94. The number of amides is 1. The van der Waals surface area contributed by atoms with Crippen LogP contribution in [0.3, 0.4) is 0 Å². The summed E-state index contributed by atoms with van der Waals surface area (Å²) in [7, 11) is 1.93. The highest BCUT2D eigenvalue weighted by Crippen LogP contribution is 2.16. The molecule has 0 saturated carbocycles. The Morgan fingerprint density at radius 3 is 2.84 bits per heavy atom. The second-order valence-corrected chi connectivity index (χ2v) is 5.06. The van der Waals surface area contributed by atoms with Gasteiger partial charge in [-0.3, -0.25) is 4.79 Å². The number of carbonyl (C=O) groups excluding carboxylic acids is 1. The molecule has 0 fully saturated rings. The third-order valence-electron chi connectivity index (χ3n) is 3.62. The Hall–Kier alpha value is -1.61. The average Bonchev–Trinajstić information content (AvgIpc) is 2.45. The molecule has 0 atom stereocenters. The maximum absolute atomic E-state index is 12.6. The fraction of sp³-hybridized carbons (Fsp3) is 0.438. The largest absolute Gasteiger partial charge is 0.335 e. The third kappa shape index (κ3) is 3.44. The lowest BCUT2D eigenvalue weighted by atomic mass is 10.0. The van der Waals surface area contributed by atoms with E-state index in [2.05, 4.69) is 24.4 Å². The first-order valence-electron chi connectivity index (χ1n) is 6.90. The van der Waals surface area contributed by atoms with Crippen LogP contribution in [0.2, 0.25) is 0 Å². The van der Waals surface area contributed by atoms with Crippen molar-refractivity contribution in [3.05, 3.63) is 47.0 Å². The van der Waals surface area contributed by atoms with Crippen LogP contribution in [-0.4, -0.2) is 37.5 Å². The van der Waals surface area contributed by atoms with E-state index in [0.29, 0.717) is 0 Å². The van der Waals surface area contributed by atoms with Gasteiger partial charge in [0, 0.05) is 18.7 Å². The van der Waals surface area contributed by atoms with Crippen molar-refractivity contribution in [1.82, 2.24) is 10.2 Å². The molecule has 1 amide bonds. The average molecular weight is 258 g/mol. The molecule has 3 heteroatoms. The van der Waals surface area contributed by atoms with E-state index in [1.165, 1.54) is 5.57 Å². The first kappa shape index (κ1) is 13.8. The summed E-state index contributed by atoms with van der Waals surface area (Å²) in [5.41, 5.74) is 3.37. The summed E-state index contributed by atoms with van der Waals surface area (Å²) in [5.74, 6) is 0.162. The lowest BCUT2D eigenvalue weighted by Crippen LogP contribution is -2.35. The Morgan fingerprint density at radius 2 is 2.16 bits per heavy atom. The van der Waals surface area contributed by atoms with Crippen molar-refractivity contribution in [1.29, 1.82) is 0 Å². The van der Waals surface area contributed by atoms with Crippen LogP contribution in [0.5, 0.6) is 0 Å². The van der Waals surface area contributed by atoms with Gasteiger partial charge < -0.3 is 10.2 Å². The number of nitrogens with one attached hydrogen (secondary N) is 1. The van der Waals surface area contributed by atoms with E-state index >= 15 is 0 Å². The first-order chi connectivity index (χ1) is 9.22. The Morgan fingerprint density at radius 1 is 1.37 bits per heavy atom. The molecule has 1 aliphatic rings. The van der Waals surface area contributed by atoms with Gasteiger partial charge in [0.25, 0.3) is 5.91 Å². The molecule has 1 heterocycles. The Balaban J connectivity index is 2.14. The van der Waals surface area contributed by atoms with Gasteiger partial charge >= 0.3 is 0 Å². The zero-order valence-corrected chi connectivity index (χ0v) is 11.8. The van der Waals surface area contributed by atoms with E-state index in [4.69, 9.17) is 0 Å². The molecule has 0 bridgehead atoms. The van der Waals surface area contributed by atoms with Crippen LogP contribution in [0.15, 0.2) is 35.9 Å². The molecular formula is C16H22N2O. The monoisotopic (exact) mass is 258 g/mol. The van der Waals surface area contributed by atoms with Gasteiger partial charge in [0.05, 0.1) is 0 Å². The van der Waals surface area contributed by atoms with Crippen molar-refractivity contribution in [2.24, 2.45) is 0 Å². The zero-order chi connectivity index (χ0) is 13.7. The van der Waals surface area contributed by atoms with Gasteiger partial charge in [-0.1, -0.05) is 29.8 Å². The second-order valence-electron chi connectivity index (χ2n) is 5.06. The number of nitrogens with zero attached hydrogens (tertiary/aromatic N) is 1. The second kappa shape index (κ2) is 6.53. The Labute approximate surface area is 115 Å². The lowest BCUT2D eigenvalue weighted by molar-refractivity contribution is 0.0768. The van der Waals surface area contributed by atoms with Crippen molar-refractivity contribution in [2.45, 2.75) is 19.8 Å². The van der Waals surface area contributed by atoms with E-state index in [1.807, 2.05) is 30.1 Å². The highest BCUT2D eigenvalue weighted by molar-refractivity contribution is 5.95. The molecule has 0 saturated heterocycles. The minimum absolute atomic E-state index is 0.162. The standard InChI is InChI=1S/C16H22N2O/c1-13-8-11-18(12-9-13)16(19)15-6-4-3-5-14(15)7-10-17-2/h3-6,8,17H,7,9-12H2,1-2H3. The molecule has 0 aromatic heterocycles. The number of hydrogen-bond donors (Lipinski definition) is 1. The quantitative estimate of drug-likeness (QED) is 0.840. The van der Waals surface area contributed by atoms with E-state index in [1.54, 1.807) is 0 Å². The van der Waals surface area contributed by atoms with Gasteiger partial charge in [-0.25, -0.2) is 0 Å². The summed E-state index contributed by atoms with van der Waals surface area (Å²) < 4.78 is 0. The number of carbonyl (C=O) groups is 1. The van der Waals surface area contributed by atoms with Crippen molar-refractivity contribution in [3.63, 3.8) is 0 Å². The maximum Gasteiger partial charge on any atom is 0.254 e. The van der Waals surface area contributed by atoms with E-state index in [-0.39, 0.29) is 5.91 Å². The fourth-order valence-electron chi connectivity index (χ4n) is 2.33. The predicted molar refractivity (Wildman–Crippen MR) is 78.4 cm³/mol. The van der Waals surface area contributed by atoms with E-state index < -0.39 is 0 Å². The van der Waals surface area contributed by atoms with Gasteiger partial charge in [0.15, 0.2) is 0 Å². The van der Waals surface area contributed by atoms with Crippen LogP contribution >= 0.6 is 0 Å². The van der Waals surface area contributed by atoms with Gasteiger partial charge in [0.1, 0.15) is 0 Å². The van der Waals surface area contributed by atoms with Crippen molar-refractivity contribution < 1.29 is 4.79 Å². The fourth-order valence-corrected chi connectivity index (χ4v) is 2.33. The van der Waals surface area contributed by atoms with Crippen LogP contribution in [0.1, 0.15) is 29.3 Å². The minimum Gasteiger partial charge on any atom is -0.335 e. The van der Waals surface area contributed by atoms with Crippen molar-refractivity contribution >= 4 is 5.91 Å². The summed E-state index contributed by atoms with van der Waals surface area (Å²) in [4.78, 5) is 14.5. The van der Waals surface area contributed by atoms with Crippen LogP contribution in [0.25, 0.3) is 0 Å². The number of likely N-dealkylation sites (N-methyl/N-ethyl adjacent to an activating group) is 1. The highest BCUT2D eigenvalue weighted by atomic mass is 16.2.